The molecule has 1 amide bonds. The second-order valence-corrected chi connectivity index (χ2v) is 8.77. The van der Waals surface area contributed by atoms with Crippen molar-refractivity contribution >= 4 is 11.7 Å². The van der Waals surface area contributed by atoms with Crippen molar-refractivity contribution in [2.45, 2.75) is 40.2 Å². The molecule has 28 heavy (non-hydrogen) atoms. The predicted molar refractivity (Wildman–Crippen MR) is 109 cm³/mol. The van der Waals surface area contributed by atoms with Gasteiger partial charge < -0.3 is 14.8 Å². The molecule has 0 radical (unpaired) electrons. The van der Waals surface area contributed by atoms with Crippen LogP contribution in [-0.4, -0.2) is 58.6 Å². The molecule has 1 N–H and O–H groups in total. The normalized spacial score (nSPS) is 15.6. The van der Waals surface area contributed by atoms with E-state index in [1.54, 1.807) is 6.20 Å². The molecule has 6 heteroatoms. The van der Waals surface area contributed by atoms with E-state index < -0.39 is 0 Å². The number of Topliss-reactive ketones (excluding diaryl/α,β-unsaturated/α-hetero) is 1. The average molecular weight is 383 g/mol. The van der Waals surface area contributed by atoms with Crippen LogP contribution < -0.4 is 0 Å². The van der Waals surface area contributed by atoms with Gasteiger partial charge in [-0.15, -0.1) is 0 Å². The number of nitrogens with zero attached hydrogens (tertiary/aromatic N) is 3. The van der Waals surface area contributed by atoms with E-state index in [1.165, 1.54) is 0 Å². The Morgan fingerprint density at radius 3 is 2.61 bits per heavy atom. The minimum Gasteiger partial charge on any atom is -0.354 e. The number of rotatable bonds is 6. The van der Waals surface area contributed by atoms with E-state index in [0.29, 0.717) is 30.8 Å². The Morgan fingerprint density at radius 2 is 1.96 bits per heavy atom. The molecule has 1 aliphatic carbocycles. The molecule has 2 aromatic heterocycles. The predicted octanol–water partition coefficient (Wildman–Crippen LogP) is 3.08. The van der Waals surface area contributed by atoms with Crippen LogP contribution in [0.15, 0.2) is 24.4 Å². The fourth-order valence-corrected chi connectivity index (χ4v) is 3.86. The molecule has 0 atom stereocenters. The number of aromatic nitrogens is 2. The molecule has 0 bridgehead atoms. The third-order valence-corrected chi connectivity index (χ3v) is 5.30. The first-order chi connectivity index (χ1) is 13.2. The molecule has 3 rings (SSSR count). The maximum Gasteiger partial charge on any atom is 0.270 e. The number of carbonyl (C=O) groups excluding carboxylic acids is 2. The standard InChI is InChI=1S/C22H30N4O2/c1-15-19-17(12-22(2,3)13-18(19)27)24-20(15)21(28)26(11-10-25(4)5)14-16-8-6-7-9-23-16/h6-9,24H,10-14H2,1-5H3. The highest BCUT2D eigenvalue weighted by Crippen LogP contribution is 2.37. The van der Waals surface area contributed by atoms with E-state index in [9.17, 15) is 9.59 Å². The third kappa shape index (κ3) is 4.33. The summed E-state index contributed by atoms with van der Waals surface area (Å²) in [5.74, 6) is 0.0497. The SMILES string of the molecule is Cc1c(C(=O)N(CCN(C)C)Cc2ccccn2)[nH]c2c1C(=O)CC(C)(C)C2. The summed E-state index contributed by atoms with van der Waals surface area (Å²) in [6, 6.07) is 5.72. The molecule has 2 aromatic rings. The van der Waals surface area contributed by atoms with Crippen LogP contribution in [-0.2, 0) is 13.0 Å². The van der Waals surface area contributed by atoms with Gasteiger partial charge in [0.2, 0.25) is 0 Å². The van der Waals surface area contributed by atoms with Gasteiger partial charge in [-0.25, -0.2) is 0 Å². The smallest absolute Gasteiger partial charge is 0.270 e. The van der Waals surface area contributed by atoms with Crippen LogP contribution in [0, 0.1) is 12.3 Å². The minimum absolute atomic E-state index is 0.0787. The Morgan fingerprint density at radius 1 is 1.21 bits per heavy atom. The molecule has 0 aliphatic heterocycles. The first-order valence-corrected chi connectivity index (χ1v) is 9.76. The number of carbonyl (C=O) groups is 2. The van der Waals surface area contributed by atoms with E-state index >= 15 is 0 Å². The molecule has 0 spiro atoms. The summed E-state index contributed by atoms with van der Waals surface area (Å²) in [6.07, 6.45) is 3.04. The minimum atomic E-state index is -0.0831. The van der Waals surface area contributed by atoms with Crippen molar-refractivity contribution in [2.24, 2.45) is 5.41 Å². The van der Waals surface area contributed by atoms with Crippen molar-refractivity contribution in [1.82, 2.24) is 19.8 Å². The number of amides is 1. The zero-order valence-corrected chi connectivity index (χ0v) is 17.5. The lowest BCUT2D eigenvalue weighted by Gasteiger charge is -2.28. The Kier molecular flexibility index (Phi) is 5.70. The maximum atomic E-state index is 13.4. The van der Waals surface area contributed by atoms with Crippen LogP contribution in [0.25, 0.3) is 0 Å². The lowest BCUT2D eigenvalue weighted by molar-refractivity contribution is 0.0723. The Bertz CT molecular complexity index is 868. The maximum absolute atomic E-state index is 13.4. The van der Waals surface area contributed by atoms with Crippen molar-refractivity contribution in [3.8, 4) is 0 Å². The van der Waals surface area contributed by atoms with Gasteiger partial charge in [-0.05, 0) is 50.6 Å². The zero-order chi connectivity index (χ0) is 20.5. The summed E-state index contributed by atoms with van der Waals surface area (Å²) in [7, 11) is 3.98. The summed E-state index contributed by atoms with van der Waals surface area (Å²) in [4.78, 5) is 37.6. The van der Waals surface area contributed by atoms with Gasteiger partial charge in [-0.1, -0.05) is 19.9 Å². The molecule has 0 fully saturated rings. The van der Waals surface area contributed by atoms with Gasteiger partial charge in [-0.2, -0.15) is 0 Å². The molecule has 150 valence electrons. The highest BCUT2D eigenvalue weighted by molar-refractivity contribution is 6.04. The van der Waals surface area contributed by atoms with Gasteiger partial charge in [-0.3, -0.25) is 14.6 Å². The van der Waals surface area contributed by atoms with Gasteiger partial charge in [0.1, 0.15) is 5.69 Å². The molecule has 6 nitrogen and oxygen atoms in total. The van der Waals surface area contributed by atoms with Gasteiger partial charge in [0.25, 0.3) is 5.91 Å². The number of hydrogen-bond donors (Lipinski definition) is 1. The van der Waals surface area contributed by atoms with Crippen LogP contribution in [0.4, 0.5) is 0 Å². The average Bonchev–Trinajstić information content (AvgIpc) is 2.94. The lowest BCUT2D eigenvalue weighted by atomic mass is 9.75. The second kappa shape index (κ2) is 7.87. The van der Waals surface area contributed by atoms with E-state index in [0.717, 1.165) is 29.9 Å². The van der Waals surface area contributed by atoms with Crippen molar-refractivity contribution < 1.29 is 9.59 Å². The van der Waals surface area contributed by atoms with Crippen LogP contribution in [0.1, 0.15) is 58.1 Å². The fraction of sp³-hybridized carbons (Fsp3) is 0.500. The molecule has 0 saturated carbocycles. The van der Waals surface area contributed by atoms with Crippen LogP contribution >= 0.6 is 0 Å². The number of likely N-dealkylation sites (N-methyl/N-ethyl adjacent to an activating group) is 1. The van der Waals surface area contributed by atoms with Crippen LogP contribution in [0.3, 0.4) is 0 Å². The molecule has 0 aromatic carbocycles. The van der Waals surface area contributed by atoms with Crippen LogP contribution in [0.5, 0.6) is 0 Å². The van der Waals surface area contributed by atoms with E-state index in [4.69, 9.17) is 0 Å². The topological polar surface area (TPSA) is 69.3 Å². The highest BCUT2D eigenvalue weighted by atomic mass is 16.2. The summed E-state index contributed by atoms with van der Waals surface area (Å²) in [6.45, 7) is 7.85. The van der Waals surface area contributed by atoms with Crippen molar-refractivity contribution in [3.63, 3.8) is 0 Å². The Balaban J connectivity index is 1.91. The number of aromatic amines is 1. The van der Waals surface area contributed by atoms with Gasteiger partial charge in [0.05, 0.1) is 12.2 Å². The van der Waals surface area contributed by atoms with Crippen molar-refractivity contribution in [1.29, 1.82) is 0 Å². The number of pyridine rings is 1. The lowest BCUT2D eigenvalue weighted by Crippen LogP contribution is -2.37. The van der Waals surface area contributed by atoms with Gasteiger partial charge in [0.15, 0.2) is 5.78 Å². The molecule has 2 heterocycles. The van der Waals surface area contributed by atoms with E-state index in [2.05, 4.69) is 28.7 Å². The molecule has 0 saturated heterocycles. The Labute approximate surface area is 166 Å². The quantitative estimate of drug-likeness (QED) is 0.834. The van der Waals surface area contributed by atoms with Crippen LogP contribution in [0.2, 0.25) is 0 Å². The largest absolute Gasteiger partial charge is 0.354 e. The fourth-order valence-electron chi connectivity index (χ4n) is 3.86. The summed E-state index contributed by atoms with van der Waals surface area (Å²) < 4.78 is 0. The van der Waals surface area contributed by atoms with Gasteiger partial charge >= 0.3 is 0 Å². The monoisotopic (exact) mass is 382 g/mol. The first-order valence-electron chi connectivity index (χ1n) is 9.76. The second-order valence-electron chi connectivity index (χ2n) is 8.77. The molecule has 0 unspecified atom stereocenters. The summed E-state index contributed by atoms with van der Waals surface area (Å²) in [5, 5.41) is 0. The first kappa shape index (κ1) is 20.3. The van der Waals surface area contributed by atoms with Crippen molar-refractivity contribution in [3.05, 3.63) is 52.6 Å². The number of ketones is 1. The van der Waals surface area contributed by atoms with E-state index in [1.807, 2.05) is 44.1 Å². The molecule has 1 aliphatic rings. The number of hydrogen-bond acceptors (Lipinski definition) is 4. The van der Waals surface area contributed by atoms with Crippen molar-refractivity contribution in [2.75, 3.05) is 27.2 Å². The Hall–Kier alpha value is -2.47. The number of nitrogens with one attached hydrogen (secondary N) is 1. The van der Waals surface area contributed by atoms with E-state index in [-0.39, 0.29) is 17.1 Å². The highest BCUT2D eigenvalue weighted by Gasteiger charge is 2.35. The number of H-pyrrole nitrogens is 1. The van der Waals surface area contributed by atoms with Gasteiger partial charge in [0, 0.05) is 37.0 Å². The molecular weight excluding hydrogens is 352 g/mol. The summed E-state index contributed by atoms with van der Waals surface area (Å²) in [5.41, 5.74) is 3.68. The zero-order valence-electron chi connectivity index (χ0n) is 17.5. The third-order valence-electron chi connectivity index (χ3n) is 5.30. The molecular formula is C22H30N4O2. The number of fused-ring (bicyclic) bond motifs is 1. The summed E-state index contributed by atoms with van der Waals surface area (Å²) >= 11 is 0.